The van der Waals surface area contributed by atoms with Gasteiger partial charge < -0.3 is 10.5 Å². The summed E-state index contributed by atoms with van der Waals surface area (Å²) in [6.45, 7) is 0. The van der Waals surface area contributed by atoms with Gasteiger partial charge in [0.1, 0.15) is 9.55 Å². The minimum Gasteiger partial charge on any atom is -0.468 e. The Morgan fingerprint density at radius 3 is 2.57 bits per heavy atom. The van der Waals surface area contributed by atoms with Crippen LogP contribution < -0.4 is 10.5 Å². The second-order valence-electron chi connectivity index (χ2n) is 1.86. The number of amidine groups is 1. The van der Waals surface area contributed by atoms with E-state index in [1.165, 1.54) is 7.11 Å². The van der Waals surface area contributed by atoms with E-state index in [4.69, 9.17) is 40.5 Å². The smallest absolute Gasteiger partial charge is 0.355 e. The van der Waals surface area contributed by atoms with E-state index in [1.807, 2.05) is 0 Å². The summed E-state index contributed by atoms with van der Waals surface area (Å²) in [5.41, 5.74) is 5.11. The minimum absolute atomic E-state index is 0.248. The summed E-state index contributed by atoms with van der Waals surface area (Å²) >= 11 is 17.3. The summed E-state index contributed by atoms with van der Waals surface area (Å²) in [4.78, 5) is 13.4. The van der Waals surface area contributed by atoms with Crippen molar-refractivity contribution in [3.05, 3.63) is 0 Å². The van der Waals surface area contributed by atoms with Crippen LogP contribution in [-0.2, 0) is 4.74 Å². The first kappa shape index (κ1) is 14.0. The molecule has 9 heteroatoms. The van der Waals surface area contributed by atoms with E-state index in [0.717, 1.165) is 11.9 Å². The zero-order chi connectivity index (χ0) is 11.1. The Bertz CT molecular complexity index is 226. The van der Waals surface area contributed by atoms with Crippen LogP contribution in [-0.4, -0.2) is 28.7 Å². The molecule has 0 spiro atoms. The summed E-state index contributed by atoms with van der Waals surface area (Å²) in [6.07, 6.45) is 0. The van der Waals surface area contributed by atoms with Gasteiger partial charge in [-0.2, -0.15) is 0 Å². The van der Waals surface area contributed by atoms with Crippen molar-refractivity contribution in [1.82, 2.24) is 4.72 Å². The first-order chi connectivity index (χ1) is 6.47. The molecular formula is C5H8Cl3N3O2S. The minimum atomic E-state index is -0.800. The molecule has 2 amide bonds. The first-order valence-electron chi connectivity index (χ1n) is 3.23. The third-order valence-corrected chi connectivity index (χ3v) is 3.25. The Morgan fingerprint density at radius 1 is 1.57 bits per heavy atom. The molecule has 0 aromatic carbocycles. The summed E-state index contributed by atoms with van der Waals surface area (Å²) in [7, 11) is 1.29. The standard InChI is InChI=1S/C5H8Cl3N3O2S/c1-13-4(9)10-5(12)11-14-3(8)2(6)7/h2-3H,1H3,(H3,9,10,11,12). The zero-order valence-corrected chi connectivity index (χ0v) is 10.1. The van der Waals surface area contributed by atoms with Gasteiger partial charge in [-0.3, -0.25) is 4.72 Å². The van der Waals surface area contributed by atoms with E-state index < -0.39 is 15.6 Å². The number of hydrogen-bond acceptors (Lipinski definition) is 3. The molecule has 0 heterocycles. The number of ether oxygens (including phenoxy) is 1. The van der Waals surface area contributed by atoms with Crippen LogP contribution in [0.5, 0.6) is 0 Å². The molecule has 0 aromatic heterocycles. The van der Waals surface area contributed by atoms with Crippen LogP contribution in [0.25, 0.3) is 0 Å². The number of aliphatic imine (C=N–C) groups is 1. The van der Waals surface area contributed by atoms with Gasteiger partial charge >= 0.3 is 6.03 Å². The molecule has 0 saturated carbocycles. The quantitative estimate of drug-likeness (QED) is 0.357. The Hall–Kier alpha value is -0.0400. The van der Waals surface area contributed by atoms with Crippen molar-refractivity contribution in [3.8, 4) is 0 Å². The molecule has 1 unspecified atom stereocenters. The molecule has 3 N–H and O–H groups in total. The van der Waals surface area contributed by atoms with Crippen molar-refractivity contribution in [2.24, 2.45) is 10.7 Å². The summed E-state index contributed by atoms with van der Waals surface area (Å²) < 4.78 is 6.04. The summed E-state index contributed by atoms with van der Waals surface area (Å²) in [6, 6.07) is -0.948. The Kier molecular flexibility index (Phi) is 7.26. The summed E-state index contributed by atoms with van der Waals surface area (Å²) in [5, 5.41) is 0. The van der Waals surface area contributed by atoms with Gasteiger partial charge in [-0.1, -0.05) is 0 Å². The number of carbonyl (C=O) groups is 1. The molecule has 0 aliphatic heterocycles. The highest BCUT2D eigenvalue weighted by Crippen LogP contribution is 2.22. The van der Waals surface area contributed by atoms with E-state index >= 15 is 0 Å². The Balaban J connectivity index is 3.86. The molecule has 0 bridgehead atoms. The predicted octanol–water partition coefficient (Wildman–Crippen LogP) is 1.67. The topological polar surface area (TPSA) is 76.7 Å². The number of halogens is 3. The lowest BCUT2D eigenvalue weighted by Gasteiger charge is -2.08. The van der Waals surface area contributed by atoms with Gasteiger partial charge in [0.2, 0.25) is 0 Å². The predicted molar refractivity (Wildman–Crippen MR) is 59.9 cm³/mol. The number of amides is 2. The molecule has 0 saturated heterocycles. The maximum atomic E-state index is 10.9. The number of nitrogens with zero attached hydrogens (tertiary/aromatic N) is 1. The molecule has 0 fully saturated rings. The molecule has 0 aromatic rings. The lowest BCUT2D eigenvalue weighted by molar-refractivity contribution is 0.253. The zero-order valence-electron chi connectivity index (χ0n) is 7.04. The van der Waals surface area contributed by atoms with Crippen molar-refractivity contribution in [3.63, 3.8) is 0 Å². The van der Waals surface area contributed by atoms with Crippen LogP contribution in [0.2, 0.25) is 0 Å². The highest BCUT2D eigenvalue weighted by atomic mass is 35.5. The van der Waals surface area contributed by atoms with Gasteiger partial charge in [0.25, 0.3) is 6.02 Å². The fourth-order valence-corrected chi connectivity index (χ4v) is 1.13. The van der Waals surface area contributed by atoms with Crippen LogP contribution in [0, 0.1) is 0 Å². The monoisotopic (exact) mass is 279 g/mol. The summed E-state index contributed by atoms with van der Waals surface area (Å²) in [5.74, 6) is 0. The average Bonchev–Trinajstić information content (AvgIpc) is 2.13. The third kappa shape index (κ3) is 6.42. The number of alkyl halides is 3. The second-order valence-corrected chi connectivity index (χ2v) is 4.71. The number of carbonyl (C=O) groups excluding carboxylic acids is 1. The maximum Gasteiger partial charge on any atom is 0.355 e. The van der Waals surface area contributed by atoms with Crippen molar-refractivity contribution in [1.29, 1.82) is 0 Å². The van der Waals surface area contributed by atoms with Gasteiger partial charge in [-0.25, -0.2) is 4.79 Å². The fraction of sp³-hybridized carbons (Fsp3) is 0.600. The maximum absolute atomic E-state index is 10.9. The van der Waals surface area contributed by atoms with E-state index in [0.29, 0.717) is 0 Å². The van der Waals surface area contributed by atoms with Gasteiger partial charge in [0.05, 0.1) is 7.11 Å². The van der Waals surface area contributed by atoms with E-state index in [9.17, 15) is 4.79 Å². The molecule has 1 atom stereocenters. The number of rotatable bonds is 3. The second kappa shape index (κ2) is 7.28. The van der Waals surface area contributed by atoms with Crippen molar-refractivity contribution >= 4 is 58.8 Å². The molecule has 14 heavy (non-hydrogen) atoms. The van der Waals surface area contributed by atoms with Gasteiger partial charge in [0, 0.05) is 0 Å². The average molecular weight is 281 g/mol. The first-order valence-corrected chi connectivity index (χ1v) is 5.42. The lowest BCUT2D eigenvalue weighted by Crippen LogP contribution is -2.22. The lowest BCUT2D eigenvalue weighted by atomic mass is 10.9. The molecular weight excluding hydrogens is 272 g/mol. The van der Waals surface area contributed by atoms with Crippen molar-refractivity contribution in [2.75, 3.05) is 7.11 Å². The molecule has 5 nitrogen and oxygen atoms in total. The normalized spacial score (nSPS) is 13.9. The molecule has 0 radical (unpaired) electrons. The Morgan fingerprint density at radius 2 is 2.14 bits per heavy atom. The van der Waals surface area contributed by atoms with Crippen LogP contribution in [0.1, 0.15) is 0 Å². The van der Waals surface area contributed by atoms with Gasteiger partial charge in [-0.15, -0.1) is 39.8 Å². The van der Waals surface area contributed by atoms with Crippen molar-refractivity contribution < 1.29 is 9.53 Å². The highest BCUT2D eigenvalue weighted by Gasteiger charge is 2.15. The van der Waals surface area contributed by atoms with E-state index in [2.05, 4.69) is 14.5 Å². The van der Waals surface area contributed by atoms with Crippen molar-refractivity contribution in [2.45, 2.75) is 9.55 Å². The largest absolute Gasteiger partial charge is 0.468 e. The van der Waals surface area contributed by atoms with Crippen LogP contribution in [0.4, 0.5) is 4.79 Å². The van der Waals surface area contributed by atoms with Crippen LogP contribution in [0.3, 0.4) is 0 Å². The number of nitrogens with one attached hydrogen (secondary N) is 1. The van der Waals surface area contributed by atoms with E-state index in [1.54, 1.807) is 0 Å². The fourth-order valence-electron chi connectivity index (χ4n) is 0.327. The number of hydrogen-bond donors (Lipinski definition) is 2. The van der Waals surface area contributed by atoms with Crippen LogP contribution >= 0.6 is 46.8 Å². The number of methoxy groups -OCH3 is 1. The van der Waals surface area contributed by atoms with E-state index in [-0.39, 0.29) is 6.02 Å². The highest BCUT2D eigenvalue weighted by molar-refractivity contribution is 7.99. The number of nitrogens with two attached hydrogens (primary N) is 1. The SMILES string of the molecule is CO/C(N)=N\C(=O)NSC(Cl)C(Cl)Cl. The molecule has 0 aliphatic rings. The molecule has 0 rings (SSSR count). The van der Waals surface area contributed by atoms with Gasteiger partial charge in [0.15, 0.2) is 0 Å². The molecule has 0 aliphatic carbocycles. The van der Waals surface area contributed by atoms with Gasteiger partial charge in [-0.05, 0) is 11.9 Å². The third-order valence-electron chi connectivity index (χ3n) is 0.878. The molecule has 82 valence electrons. The number of urea groups is 1. The van der Waals surface area contributed by atoms with Crippen LogP contribution in [0.15, 0.2) is 4.99 Å². The Labute approximate surface area is 100 Å².